The number of carbonyl (C=O) groups is 1. The van der Waals surface area contributed by atoms with Gasteiger partial charge >= 0.3 is 0 Å². The molecule has 0 amide bonds. The second kappa shape index (κ2) is 7.17. The standard InChI is InChI=1S/C18H17FN4O3/c19-14-5-3-12(4-6-14)16(24)17-20-7-8-23(17)10-15-21-22-18(26-15)13-2-1-9-25-11-13/h3-8,13H,1-2,9-11H2. The van der Waals surface area contributed by atoms with Crippen LogP contribution in [0.4, 0.5) is 4.39 Å². The van der Waals surface area contributed by atoms with Crippen LogP contribution in [-0.2, 0) is 11.3 Å². The van der Waals surface area contributed by atoms with Crippen LogP contribution in [0.25, 0.3) is 0 Å². The van der Waals surface area contributed by atoms with Crippen LogP contribution >= 0.6 is 0 Å². The summed E-state index contributed by atoms with van der Waals surface area (Å²) in [4.78, 5) is 16.7. The number of ketones is 1. The van der Waals surface area contributed by atoms with E-state index in [-0.39, 0.29) is 24.1 Å². The van der Waals surface area contributed by atoms with E-state index < -0.39 is 5.82 Å². The van der Waals surface area contributed by atoms with Gasteiger partial charge in [0, 0.05) is 24.6 Å². The van der Waals surface area contributed by atoms with E-state index >= 15 is 0 Å². The number of rotatable bonds is 5. The molecule has 3 aromatic rings. The third-order valence-electron chi connectivity index (χ3n) is 4.32. The summed E-state index contributed by atoms with van der Waals surface area (Å²) in [6.45, 7) is 1.59. The number of benzene rings is 1. The largest absolute Gasteiger partial charge is 0.423 e. The van der Waals surface area contributed by atoms with Gasteiger partial charge in [0.05, 0.1) is 12.5 Å². The van der Waals surface area contributed by atoms with Gasteiger partial charge in [0.2, 0.25) is 17.6 Å². The van der Waals surface area contributed by atoms with Gasteiger partial charge < -0.3 is 13.7 Å². The zero-order valence-corrected chi connectivity index (χ0v) is 14.0. The van der Waals surface area contributed by atoms with Crippen LogP contribution in [0.5, 0.6) is 0 Å². The van der Waals surface area contributed by atoms with Crippen molar-refractivity contribution in [3.05, 3.63) is 65.6 Å². The first-order valence-corrected chi connectivity index (χ1v) is 8.42. The molecule has 26 heavy (non-hydrogen) atoms. The Morgan fingerprint density at radius 3 is 2.88 bits per heavy atom. The summed E-state index contributed by atoms with van der Waals surface area (Å²) in [5.41, 5.74) is 0.365. The van der Waals surface area contributed by atoms with Crippen molar-refractivity contribution >= 4 is 5.78 Å². The molecule has 0 N–H and O–H groups in total. The van der Waals surface area contributed by atoms with Crippen molar-refractivity contribution in [1.29, 1.82) is 0 Å². The smallest absolute Gasteiger partial charge is 0.236 e. The van der Waals surface area contributed by atoms with Crippen molar-refractivity contribution in [2.75, 3.05) is 13.2 Å². The molecule has 0 spiro atoms. The van der Waals surface area contributed by atoms with Gasteiger partial charge in [-0.3, -0.25) is 4.79 Å². The molecule has 1 aliphatic rings. The second-order valence-corrected chi connectivity index (χ2v) is 6.16. The number of halogens is 1. The number of nitrogens with zero attached hydrogens (tertiary/aromatic N) is 4. The van der Waals surface area contributed by atoms with E-state index in [2.05, 4.69) is 15.2 Å². The highest BCUT2D eigenvalue weighted by Crippen LogP contribution is 2.24. The fourth-order valence-electron chi connectivity index (χ4n) is 2.95. The van der Waals surface area contributed by atoms with E-state index in [4.69, 9.17) is 9.15 Å². The van der Waals surface area contributed by atoms with Gasteiger partial charge in [0.15, 0.2) is 5.82 Å². The average Bonchev–Trinajstić information content (AvgIpc) is 3.33. The molecule has 8 heteroatoms. The molecule has 4 rings (SSSR count). The van der Waals surface area contributed by atoms with E-state index in [0.29, 0.717) is 24.0 Å². The molecule has 2 aromatic heterocycles. The van der Waals surface area contributed by atoms with E-state index in [1.54, 1.807) is 10.8 Å². The molecule has 7 nitrogen and oxygen atoms in total. The minimum atomic E-state index is -0.394. The van der Waals surface area contributed by atoms with Gasteiger partial charge in [-0.1, -0.05) is 0 Å². The maximum absolute atomic E-state index is 13.0. The first kappa shape index (κ1) is 16.6. The topological polar surface area (TPSA) is 83.0 Å². The highest BCUT2D eigenvalue weighted by molar-refractivity contribution is 6.06. The minimum Gasteiger partial charge on any atom is -0.423 e. The number of hydrogen-bond acceptors (Lipinski definition) is 6. The summed E-state index contributed by atoms with van der Waals surface area (Å²) >= 11 is 0. The van der Waals surface area contributed by atoms with Crippen molar-refractivity contribution in [2.24, 2.45) is 0 Å². The van der Waals surface area contributed by atoms with Gasteiger partial charge in [0.1, 0.15) is 12.4 Å². The third-order valence-corrected chi connectivity index (χ3v) is 4.32. The van der Waals surface area contributed by atoms with Gasteiger partial charge in [-0.25, -0.2) is 9.37 Å². The SMILES string of the molecule is O=C(c1ccc(F)cc1)c1nccn1Cc1nnc(C2CCCOC2)o1. The van der Waals surface area contributed by atoms with Crippen molar-refractivity contribution in [3.63, 3.8) is 0 Å². The van der Waals surface area contributed by atoms with Crippen LogP contribution in [0.2, 0.25) is 0 Å². The van der Waals surface area contributed by atoms with Crippen LogP contribution in [-0.4, -0.2) is 38.7 Å². The van der Waals surface area contributed by atoms with Crippen molar-refractivity contribution in [1.82, 2.24) is 19.7 Å². The molecule has 1 fully saturated rings. The first-order valence-electron chi connectivity index (χ1n) is 8.42. The fraction of sp³-hybridized carbons (Fsp3) is 0.333. The predicted molar refractivity (Wildman–Crippen MR) is 88.3 cm³/mol. The van der Waals surface area contributed by atoms with E-state index in [0.717, 1.165) is 19.4 Å². The normalized spacial score (nSPS) is 17.3. The predicted octanol–water partition coefficient (Wildman–Crippen LogP) is 2.58. The molecule has 3 heterocycles. The Morgan fingerprint density at radius 2 is 2.12 bits per heavy atom. The number of aromatic nitrogens is 4. The Hall–Kier alpha value is -2.87. The zero-order valence-electron chi connectivity index (χ0n) is 14.0. The van der Waals surface area contributed by atoms with Crippen LogP contribution in [0, 0.1) is 5.82 Å². The maximum Gasteiger partial charge on any atom is 0.236 e. The Morgan fingerprint density at radius 1 is 1.27 bits per heavy atom. The van der Waals surface area contributed by atoms with Crippen LogP contribution in [0.15, 0.2) is 41.1 Å². The summed E-state index contributed by atoms with van der Waals surface area (Å²) in [6, 6.07) is 5.36. The molecular formula is C18H17FN4O3. The van der Waals surface area contributed by atoms with Crippen molar-refractivity contribution < 1.29 is 18.3 Å². The van der Waals surface area contributed by atoms with Crippen molar-refractivity contribution in [3.8, 4) is 0 Å². The molecule has 0 saturated carbocycles. The molecule has 1 saturated heterocycles. The Balaban J connectivity index is 1.51. The highest BCUT2D eigenvalue weighted by Gasteiger charge is 2.23. The second-order valence-electron chi connectivity index (χ2n) is 6.16. The number of carbonyl (C=O) groups excluding carboxylic acids is 1. The van der Waals surface area contributed by atoms with Gasteiger partial charge in [-0.2, -0.15) is 0 Å². The van der Waals surface area contributed by atoms with E-state index in [1.807, 2.05) is 0 Å². The lowest BCUT2D eigenvalue weighted by Crippen LogP contribution is -2.15. The fourth-order valence-corrected chi connectivity index (χ4v) is 2.95. The lowest BCUT2D eigenvalue weighted by molar-refractivity contribution is 0.0721. The van der Waals surface area contributed by atoms with Crippen molar-refractivity contribution in [2.45, 2.75) is 25.3 Å². The maximum atomic E-state index is 13.0. The lowest BCUT2D eigenvalue weighted by Gasteiger charge is -2.18. The summed E-state index contributed by atoms with van der Waals surface area (Å²) in [5.74, 6) is 0.624. The van der Waals surface area contributed by atoms with E-state index in [9.17, 15) is 9.18 Å². The average molecular weight is 356 g/mol. The molecule has 0 bridgehead atoms. The van der Waals surface area contributed by atoms with E-state index in [1.165, 1.54) is 30.5 Å². The Kier molecular flexibility index (Phi) is 4.57. The quantitative estimate of drug-likeness (QED) is 0.654. The molecule has 0 aliphatic carbocycles. The van der Waals surface area contributed by atoms with Gasteiger partial charge in [-0.15, -0.1) is 10.2 Å². The van der Waals surface area contributed by atoms with Crippen LogP contribution < -0.4 is 0 Å². The van der Waals surface area contributed by atoms with Gasteiger partial charge in [0.25, 0.3) is 0 Å². The first-order chi connectivity index (χ1) is 12.7. The summed E-state index contributed by atoms with van der Waals surface area (Å²) in [7, 11) is 0. The van der Waals surface area contributed by atoms with Crippen LogP contribution in [0.3, 0.4) is 0 Å². The summed E-state index contributed by atoms with van der Waals surface area (Å²) in [5, 5.41) is 8.18. The molecule has 1 aliphatic heterocycles. The van der Waals surface area contributed by atoms with Gasteiger partial charge in [-0.05, 0) is 37.1 Å². The summed E-state index contributed by atoms with van der Waals surface area (Å²) in [6.07, 6.45) is 5.13. The summed E-state index contributed by atoms with van der Waals surface area (Å²) < 4.78 is 25.9. The number of ether oxygens (including phenoxy) is 1. The van der Waals surface area contributed by atoms with Crippen LogP contribution in [0.1, 0.15) is 46.7 Å². The minimum absolute atomic E-state index is 0.119. The third kappa shape index (κ3) is 3.41. The number of hydrogen-bond donors (Lipinski definition) is 0. The molecule has 1 aromatic carbocycles. The molecule has 134 valence electrons. The molecule has 0 radical (unpaired) electrons. The highest BCUT2D eigenvalue weighted by atomic mass is 19.1. The zero-order chi connectivity index (χ0) is 17.9. The Labute approximate surface area is 148 Å². The number of imidazole rings is 1. The Bertz CT molecular complexity index is 897. The molecular weight excluding hydrogens is 339 g/mol. The monoisotopic (exact) mass is 356 g/mol. The molecule has 1 atom stereocenters. The molecule has 1 unspecified atom stereocenters. The lowest BCUT2D eigenvalue weighted by atomic mass is 10.0.